The predicted octanol–water partition coefficient (Wildman–Crippen LogP) is 2.44. The smallest absolute Gasteiger partial charge is 0.303 e. The summed E-state index contributed by atoms with van der Waals surface area (Å²) in [4.78, 5) is 23.1. The van der Waals surface area contributed by atoms with Crippen molar-refractivity contribution < 1.29 is 28.5 Å². The van der Waals surface area contributed by atoms with E-state index in [1.807, 2.05) is 55.1 Å². The largest absolute Gasteiger partial charge is 0.459 e. The zero-order valence-corrected chi connectivity index (χ0v) is 20.2. The van der Waals surface area contributed by atoms with Crippen LogP contribution in [0.1, 0.15) is 40.0 Å². The number of hydrogen-bond donors (Lipinski definition) is 3. The van der Waals surface area contributed by atoms with Crippen LogP contribution in [0.2, 0.25) is 0 Å². The first-order valence-corrected chi connectivity index (χ1v) is 11.7. The maximum absolute atomic E-state index is 11.8. The van der Waals surface area contributed by atoms with E-state index in [9.17, 15) is 9.59 Å². The van der Waals surface area contributed by atoms with Gasteiger partial charge in [-0.2, -0.15) is 4.68 Å². The number of aromatic nitrogens is 3. The van der Waals surface area contributed by atoms with Crippen LogP contribution in [0.4, 0.5) is 0 Å². The van der Waals surface area contributed by atoms with Crippen molar-refractivity contribution in [1.82, 2.24) is 15.0 Å². The molecule has 180 valence electrons. The Morgan fingerprint density at radius 1 is 1.21 bits per heavy atom. The molecule has 0 aliphatic carbocycles. The number of amides is 1. The lowest BCUT2D eigenvalue weighted by molar-refractivity contribution is -0.761. The zero-order valence-electron chi connectivity index (χ0n) is 19.3. The Labute approximate surface area is 199 Å². The van der Waals surface area contributed by atoms with Gasteiger partial charge in [-0.05, 0) is 12.8 Å². The topological polar surface area (TPSA) is 106 Å². The molecule has 5 atom stereocenters. The minimum Gasteiger partial charge on any atom is -0.459 e. The number of esters is 1. The minimum atomic E-state index is -0.437. The lowest BCUT2D eigenvalue weighted by Gasteiger charge is -2.43. The molecular formula is C23H33N4O5S+. The molecule has 3 rings (SSSR count). The normalized spacial score (nSPS) is 24.9. The van der Waals surface area contributed by atoms with Gasteiger partial charge in [0.05, 0.1) is 0 Å². The van der Waals surface area contributed by atoms with Gasteiger partial charge in [0.15, 0.2) is 12.5 Å². The van der Waals surface area contributed by atoms with Crippen LogP contribution in [0.3, 0.4) is 0 Å². The van der Waals surface area contributed by atoms with Crippen LogP contribution < -0.4 is 9.40 Å². The highest BCUT2D eigenvalue weighted by atomic mass is 32.1. The third kappa shape index (κ3) is 7.02. The molecule has 33 heavy (non-hydrogen) atoms. The number of hydrogen-bond acceptors (Lipinski definition) is 7. The van der Waals surface area contributed by atoms with E-state index in [0.717, 1.165) is 17.7 Å². The Morgan fingerprint density at radius 3 is 2.67 bits per heavy atom. The predicted molar refractivity (Wildman–Crippen MR) is 124 cm³/mol. The van der Waals surface area contributed by atoms with Gasteiger partial charge in [-0.3, -0.25) is 9.59 Å². The van der Waals surface area contributed by atoms with Crippen molar-refractivity contribution in [3.8, 4) is 11.3 Å². The summed E-state index contributed by atoms with van der Waals surface area (Å²) in [5.41, 5.74) is 1.82. The Bertz CT molecular complexity index is 909. The third-order valence-electron chi connectivity index (χ3n) is 5.98. The van der Waals surface area contributed by atoms with E-state index in [-0.39, 0.29) is 23.7 Å². The highest BCUT2D eigenvalue weighted by molar-refractivity contribution is 7.78. The van der Waals surface area contributed by atoms with Gasteiger partial charge < -0.3 is 18.9 Å². The molecule has 0 bridgehead atoms. The Hall–Kier alpha value is -2.43. The van der Waals surface area contributed by atoms with E-state index in [1.54, 1.807) is 0 Å². The molecule has 2 aromatic rings. The molecule has 1 aromatic heterocycles. The maximum Gasteiger partial charge on any atom is 0.303 e. The van der Waals surface area contributed by atoms with Gasteiger partial charge >= 0.3 is 5.97 Å². The minimum absolute atomic E-state index is 0.0259. The molecule has 1 aliphatic heterocycles. The van der Waals surface area contributed by atoms with Crippen molar-refractivity contribution in [3.05, 3.63) is 36.5 Å². The summed E-state index contributed by atoms with van der Waals surface area (Å²) in [6.07, 6.45) is 2.50. The van der Waals surface area contributed by atoms with Crippen LogP contribution in [0.15, 0.2) is 36.5 Å². The van der Waals surface area contributed by atoms with Crippen molar-refractivity contribution in [2.24, 2.45) is 11.8 Å². The fourth-order valence-electron chi connectivity index (χ4n) is 3.97. The number of nitrogens with zero attached hydrogens (tertiary/aromatic N) is 2. The summed E-state index contributed by atoms with van der Waals surface area (Å²) >= 11 is 3.75. The van der Waals surface area contributed by atoms with Crippen molar-refractivity contribution >= 4 is 24.7 Å². The molecular weight excluding hydrogens is 444 g/mol. The average Bonchev–Trinajstić information content (AvgIpc) is 3.28. The highest BCUT2D eigenvalue weighted by Gasteiger charge is 2.45. The number of H-pyrrole nitrogens is 1. The third-order valence-corrected chi connectivity index (χ3v) is 6.23. The molecule has 1 aliphatic rings. The highest BCUT2D eigenvalue weighted by Crippen LogP contribution is 2.33. The van der Waals surface area contributed by atoms with Crippen molar-refractivity contribution in [3.63, 3.8) is 0 Å². The summed E-state index contributed by atoms with van der Waals surface area (Å²) in [6.45, 7) is 6.40. The molecule has 0 saturated carbocycles. The van der Waals surface area contributed by atoms with E-state index >= 15 is 0 Å². The summed E-state index contributed by atoms with van der Waals surface area (Å²) in [6, 6.07) is 9.87. The number of carbonyl (C=O) groups is 2. The zero-order chi connectivity index (χ0) is 23.8. The number of rotatable bonds is 10. The molecule has 3 unspecified atom stereocenters. The maximum atomic E-state index is 11.8. The van der Waals surface area contributed by atoms with Crippen LogP contribution in [0.5, 0.6) is 0 Å². The number of benzene rings is 1. The second-order valence-corrected chi connectivity index (χ2v) is 8.67. The van der Waals surface area contributed by atoms with E-state index < -0.39 is 18.5 Å². The van der Waals surface area contributed by atoms with Gasteiger partial charge in [0.1, 0.15) is 18.8 Å². The van der Waals surface area contributed by atoms with Crippen molar-refractivity contribution in [1.29, 1.82) is 0 Å². The van der Waals surface area contributed by atoms with Crippen molar-refractivity contribution in [2.75, 3.05) is 6.61 Å². The molecule has 0 radical (unpaired) electrons. The standard InChI is InChI=1S/C23H32N4O5S/c1-15-16(2)23(30-12-8-7-11-21(29)25-33)32-20(22(15)31-17(3)28)14-27-13-19(24-26-27)18-9-5-4-6-10-18/h4-6,9-10,13,15-16,20,22-23H,7-8,11-12,14H2,1-3H3,(H2,24,25,26,29,33)/p+1/t15-,16?,20?,22-,23?/m1/s1. The van der Waals surface area contributed by atoms with Crippen LogP contribution in [0, 0.1) is 11.8 Å². The van der Waals surface area contributed by atoms with Gasteiger partial charge in [-0.15, -0.1) is 0 Å². The molecule has 1 aromatic carbocycles. The Kier molecular flexibility index (Phi) is 9.28. The van der Waals surface area contributed by atoms with Gasteiger partial charge in [-0.25, -0.2) is 0 Å². The number of nitrogens with one attached hydrogen (secondary N) is 2. The SMILES string of the molecule is CC(=O)O[C@H]1C(C[n+]2cc(-c3ccccc3)n[nH]2)OC(OCCCCC(=O)NS)C(C)[C@H]1C. The molecule has 2 heterocycles. The monoisotopic (exact) mass is 477 g/mol. The fraction of sp³-hybridized carbons (Fsp3) is 0.565. The quantitative estimate of drug-likeness (QED) is 0.210. The first-order valence-electron chi connectivity index (χ1n) is 11.3. The van der Waals surface area contributed by atoms with E-state index in [0.29, 0.717) is 26.0 Å². The molecule has 1 fully saturated rings. The molecule has 1 saturated heterocycles. The van der Waals surface area contributed by atoms with Gasteiger partial charge in [0.25, 0.3) is 0 Å². The molecule has 10 heteroatoms. The first-order chi connectivity index (χ1) is 15.9. The van der Waals surface area contributed by atoms with Gasteiger partial charge in [0, 0.05) is 42.4 Å². The number of thiol groups is 1. The van der Waals surface area contributed by atoms with Gasteiger partial charge in [0.2, 0.25) is 11.6 Å². The average molecular weight is 478 g/mol. The Balaban J connectivity index is 1.65. The number of ether oxygens (including phenoxy) is 3. The number of carbonyl (C=O) groups excluding carboxylic acids is 2. The summed E-state index contributed by atoms with van der Waals surface area (Å²) in [5.74, 6) is -0.387. The number of unbranched alkanes of at least 4 members (excludes halogenated alkanes) is 1. The molecule has 9 nitrogen and oxygen atoms in total. The van der Waals surface area contributed by atoms with Crippen LogP contribution in [0.25, 0.3) is 11.3 Å². The van der Waals surface area contributed by atoms with Crippen molar-refractivity contribution in [2.45, 2.75) is 65.1 Å². The summed E-state index contributed by atoms with van der Waals surface area (Å²) in [7, 11) is 0. The molecule has 1 amide bonds. The van der Waals surface area contributed by atoms with Crippen LogP contribution in [-0.4, -0.2) is 47.3 Å². The number of aromatic amines is 1. The van der Waals surface area contributed by atoms with Gasteiger partial charge in [-0.1, -0.05) is 62.2 Å². The van der Waals surface area contributed by atoms with E-state index in [2.05, 4.69) is 27.8 Å². The second kappa shape index (κ2) is 12.2. The lowest BCUT2D eigenvalue weighted by Crippen LogP contribution is -2.57. The van der Waals surface area contributed by atoms with Crippen LogP contribution in [-0.2, 0) is 30.3 Å². The van der Waals surface area contributed by atoms with E-state index in [4.69, 9.17) is 14.2 Å². The second-order valence-electron chi connectivity index (χ2n) is 8.44. The fourth-order valence-corrected chi connectivity index (χ4v) is 4.09. The Morgan fingerprint density at radius 2 is 1.97 bits per heavy atom. The van der Waals surface area contributed by atoms with E-state index in [1.165, 1.54) is 6.92 Å². The van der Waals surface area contributed by atoms with Crippen LogP contribution >= 0.6 is 12.8 Å². The lowest BCUT2D eigenvalue weighted by atomic mass is 9.84. The summed E-state index contributed by atoms with van der Waals surface area (Å²) in [5, 5.41) is 7.39. The molecule has 0 spiro atoms. The first kappa shape index (κ1) is 25.2. The molecule has 2 N–H and O–H groups in total. The summed E-state index contributed by atoms with van der Waals surface area (Å²) < 4.78 is 22.1.